The lowest BCUT2D eigenvalue weighted by Gasteiger charge is -2.09. The molecule has 4 heteroatoms. The minimum atomic E-state index is -0.950. The van der Waals surface area contributed by atoms with Crippen molar-refractivity contribution in [3.05, 3.63) is 18.5 Å². The zero-order valence-corrected chi connectivity index (χ0v) is 9.50. The molecular formula is C11H16N2OS. The Kier molecular flexibility index (Phi) is 3.36. The molecule has 0 aliphatic heterocycles. The quantitative estimate of drug-likeness (QED) is 0.854. The minimum Gasteiger partial charge on any atom is -0.396 e. The lowest BCUT2D eigenvalue weighted by atomic mass is 10.1. The van der Waals surface area contributed by atoms with E-state index in [0.29, 0.717) is 11.6 Å². The number of hydrogen-bond acceptors (Lipinski definition) is 3. The van der Waals surface area contributed by atoms with Crippen LogP contribution in [-0.4, -0.2) is 14.9 Å². The smallest absolute Gasteiger partial charge is 0.0664 e. The van der Waals surface area contributed by atoms with Crippen molar-refractivity contribution in [3.63, 3.8) is 0 Å². The summed E-state index contributed by atoms with van der Waals surface area (Å²) in [5.74, 6) is 1.38. The first-order valence-corrected chi connectivity index (χ1v) is 6.67. The summed E-state index contributed by atoms with van der Waals surface area (Å²) in [5, 5.41) is 0. The number of aromatic nitrogens is 1. The molecule has 0 saturated heterocycles. The van der Waals surface area contributed by atoms with Gasteiger partial charge in [0.15, 0.2) is 0 Å². The molecule has 0 amide bonds. The predicted molar refractivity (Wildman–Crippen MR) is 61.9 cm³/mol. The first kappa shape index (κ1) is 10.6. The Labute approximate surface area is 92.5 Å². The molecule has 0 radical (unpaired) electrons. The monoisotopic (exact) mass is 224 g/mol. The van der Waals surface area contributed by atoms with Gasteiger partial charge in [-0.05, 0) is 24.8 Å². The number of rotatable bonds is 3. The van der Waals surface area contributed by atoms with E-state index in [0.717, 1.165) is 10.6 Å². The van der Waals surface area contributed by atoms with Crippen LogP contribution in [0.4, 0.5) is 5.69 Å². The molecule has 1 heterocycles. The fraction of sp³-hybridized carbons (Fsp3) is 0.545. The van der Waals surface area contributed by atoms with Crippen LogP contribution in [0.25, 0.3) is 0 Å². The summed E-state index contributed by atoms with van der Waals surface area (Å²) in [6.45, 7) is 0. The number of nitrogens with two attached hydrogens (primary N) is 1. The zero-order chi connectivity index (χ0) is 10.7. The van der Waals surface area contributed by atoms with Crippen LogP contribution in [-0.2, 0) is 10.8 Å². The van der Waals surface area contributed by atoms with Crippen LogP contribution in [0.1, 0.15) is 25.7 Å². The van der Waals surface area contributed by atoms with E-state index < -0.39 is 10.8 Å². The van der Waals surface area contributed by atoms with Crippen molar-refractivity contribution in [1.82, 2.24) is 4.98 Å². The van der Waals surface area contributed by atoms with Gasteiger partial charge in [0.05, 0.1) is 27.6 Å². The first-order valence-electron chi connectivity index (χ1n) is 5.35. The van der Waals surface area contributed by atoms with E-state index in [-0.39, 0.29) is 0 Å². The zero-order valence-electron chi connectivity index (χ0n) is 8.69. The van der Waals surface area contributed by atoms with E-state index >= 15 is 0 Å². The van der Waals surface area contributed by atoms with Crippen molar-refractivity contribution in [2.45, 2.75) is 30.6 Å². The lowest BCUT2D eigenvalue weighted by Crippen LogP contribution is -2.09. The second-order valence-corrected chi connectivity index (χ2v) is 5.54. The minimum absolute atomic E-state index is 0.550. The van der Waals surface area contributed by atoms with E-state index in [1.807, 2.05) is 0 Å². The molecule has 1 aliphatic carbocycles. The molecule has 1 atom stereocenters. The summed E-state index contributed by atoms with van der Waals surface area (Å²) in [4.78, 5) is 4.65. The van der Waals surface area contributed by atoms with Gasteiger partial charge in [-0.2, -0.15) is 0 Å². The van der Waals surface area contributed by atoms with Gasteiger partial charge in [-0.15, -0.1) is 0 Å². The predicted octanol–water partition coefficient (Wildman–Crippen LogP) is 1.96. The Morgan fingerprint density at radius 1 is 1.47 bits per heavy atom. The van der Waals surface area contributed by atoms with Crippen LogP contribution in [0.15, 0.2) is 23.4 Å². The van der Waals surface area contributed by atoms with Gasteiger partial charge in [-0.3, -0.25) is 9.19 Å². The molecule has 82 valence electrons. The third kappa shape index (κ3) is 2.56. The van der Waals surface area contributed by atoms with Crippen LogP contribution < -0.4 is 5.73 Å². The molecule has 0 bridgehead atoms. The number of hydrogen-bond donors (Lipinski definition) is 1. The van der Waals surface area contributed by atoms with Crippen LogP contribution >= 0.6 is 0 Å². The van der Waals surface area contributed by atoms with Crippen molar-refractivity contribution < 1.29 is 4.21 Å². The summed E-state index contributed by atoms with van der Waals surface area (Å²) in [5.41, 5.74) is 6.29. The van der Waals surface area contributed by atoms with E-state index in [2.05, 4.69) is 4.98 Å². The third-order valence-corrected chi connectivity index (χ3v) is 4.55. The largest absolute Gasteiger partial charge is 0.396 e. The van der Waals surface area contributed by atoms with Gasteiger partial charge in [0, 0.05) is 11.9 Å². The molecule has 1 saturated carbocycles. The molecule has 0 aromatic carbocycles. The topological polar surface area (TPSA) is 56.0 Å². The Balaban J connectivity index is 2.04. The number of nitrogen functional groups attached to an aromatic ring is 1. The average molecular weight is 224 g/mol. The highest BCUT2D eigenvalue weighted by atomic mass is 32.2. The molecule has 1 aliphatic rings. The molecule has 15 heavy (non-hydrogen) atoms. The Hall–Kier alpha value is -0.900. The maximum absolute atomic E-state index is 12.0. The molecular weight excluding hydrogens is 208 g/mol. The Morgan fingerprint density at radius 3 is 2.87 bits per heavy atom. The second kappa shape index (κ2) is 4.75. The molecule has 3 nitrogen and oxygen atoms in total. The Morgan fingerprint density at radius 2 is 2.20 bits per heavy atom. The molecule has 1 fully saturated rings. The fourth-order valence-electron chi connectivity index (χ4n) is 2.08. The van der Waals surface area contributed by atoms with Crippen molar-refractivity contribution >= 4 is 16.5 Å². The van der Waals surface area contributed by atoms with Gasteiger partial charge in [0.2, 0.25) is 0 Å². The van der Waals surface area contributed by atoms with E-state index in [9.17, 15) is 4.21 Å². The van der Waals surface area contributed by atoms with Gasteiger partial charge in [-0.25, -0.2) is 0 Å². The molecule has 1 unspecified atom stereocenters. The third-order valence-electron chi connectivity index (χ3n) is 2.92. The molecule has 1 aromatic heterocycles. The average Bonchev–Trinajstić information content (AvgIpc) is 2.71. The van der Waals surface area contributed by atoms with E-state index in [1.165, 1.54) is 25.7 Å². The molecule has 2 N–H and O–H groups in total. The van der Waals surface area contributed by atoms with Gasteiger partial charge in [-0.1, -0.05) is 12.8 Å². The summed E-state index contributed by atoms with van der Waals surface area (Å²) in [7, 11) is -0.950. The summed E-state index contributed by atoms with van der Waals surface area (Å²) in [6.07, 6.45) is 8.23. The number of nitrogens with zero attached hydrogens (tertiary/aromatic N) is 1. The number of anilines is 1. The summed E-state index contributed by atoms with van der Waals surface area (Å²) >= 11 is 0. The van der Waals surface area contributed by atoms with Crippen LogP contribution in [0.3, 0.4) is 0 Å². The van der Waals surface area contributed by atoms with Crippen molar-refractivity contribution in [3.8, 4) is 0 Å². The first-order chi connectivity index (χ1) is 7.27. The molecule has 2 rings (SSSR count). The van der Waals surface area contributed by atoms with Gasteiger partial charge < -0.3 is 5.73 Å². The standard InChI is InChI=1S/C11H16N2OS/c12-10-7-13-6-5-11(10)15(14)8-9-3-1-2-4-9/h5-7,9H,1-4,8,12H2. The van der Waals surface area contributed by atoms with Crippen LogP contribution in [0.2, 0.25) is 0 Å². The van der Waals surface area contributed by atoms with Crippen molar-refractivity contribution in [1.29, 1.82) is 0 Å². The van der Waals surface area contributed by atoms with Gasteiger partial charge >= 0.3 is 0 Å². The Bertz CT molecular complexity index is 361. The van der Waals surface area contributed by atoms with Gasteiger partial charge in [0.1, 0.15) is 0 Å². The lowest BCUT2D eigenvalue weighted by molar-refractivity contribution is 0.604. The second-order valence-electron chi connectivity index (χ2n) is 4.08. The maximum Gasteiger partial charge on any atom is 0.0664 e. The highest BCUT2D eigenvalue weighted by Gasteiger charge is 2.19. The van der Waals surface area contributed by atoms with Crippen LogP contribution in [0.5, 0.6) is 0 Å². The van der Waals surface area contributed by atoms with E-state index in [4.69, 9.17) is 5.73 Å². The molecule has 1 aromatic rings. The normalized spacial score (nSPS) is 19.2. The van der Waals surface area contributed by atoms with E-state index in [1.54, 1.807) is 18.5 Å². The molecule has 0 spiro atoms. The van der Waals surface area contributed by atoms with Gasteiger partial charge in [0.25, 0.3) is 0 Å². The fourth-order valence-corrected chi connectivity index (χ4v) is 3.55. The SMILES string of the molecule is Nc1cnccc1S(=O)CC1CCCC1. The van der Waals surface area contributed by atoms with Crippen LogP contribution in [0, 0.1) is 5.92 Å². The highest BCUT2D eigenvalue weighted by Crippen LogP contribution is 2.27. The summed E-state index contributed by atoms with van der Waals surface area (Å²) < 4.78 is 12.0. The van der Waals surface area contributed by atoms with Crippen molar-refractivity contribution in [2.24, 2.45) is 5.92 Å². The number of pyridine rings is 1. The summed E-state index contributed by atoms with van der Waals surface area (Å²) in [6, 6.07) is 1.76. The van der Waals surface area contributed by atoms with Crippen molar-refractivity contribution in [2.75, 3.05) is 11.5 Å². The highest BCUT2D eigenvalue weighted by molar-refractivity contribution is 7.85. The maximum atomic E-state index is 12.0.